The summed E-state index contributed by atoms with van der Waals surface area (Å²) in [6.07, 6.45) is 22.1. The molecule has 0 saturated heterocycles. The van der Waals surface area contributed by atoms with Crippen LogP contribution in [0.1, 0.15) is 114 Å². The fraction of sp³-hybridized carbons (Fsp3) is 0.773. The lowest BCUT2D eigenvalue weighted by atomic mass is 9.87. The van der Waals surface area contributed by atoms with E-state index in [-0.39, 0.29) is 0 Å². The second-order valence-corrected chi connectivity index (χ2v) is 7.19. The number of pyridine rings is 1. The highest BCUT2D eigenvalue weighted by Gasteiger charge is 2.13. The lowest BCUT2D eigenvalue weighted by Crippen LogP contribution is -2.02. The third kappa shape index (κ3) is 9.13. The summed E-state index contributed by atoms with van der Waals surface area (Å²) in [5, 5.41) is 0. The summed E-state index contributed by atoms with van der Waals surface area (Å²) >= 11 is 0. The number of aromatic nitrogens is 1. The zero-order valence-electron chi connectivity index (χ0n) is 15.9. The monoisotopic (exact) mass is 317 g/mol. The van der Waals surface area contributed by atoms with E-state index in [0.29, 0.717) is 0 Å². The van der Waals surface area contributed by atoms with Gasteiger partial charge in [-0.25, -0.2) is 0 Å². The molecule has 0 aromatic carbocycles. The molecule has 0 bridgehead atoms. The first-order chi connectivity index (χ1) is 11.3. The molecular weight excluding hydrogens is 278 g/mol. The highest BCUT2D eigenvalue weighted by molar-refractivity contribution is 5.25. The normalized spacial score (nSPS) is 12.5. The first-order valence-electron chi connectivity index (χ1n) is 10.2. The molecule has 1 aromatic heterocycles. The Kier molecular flexibility index (Phi) is 11.9. The Hall–Kier alpha value is -0.850. The summed E-state index contributed by atoms with van der Waals surface area (Å²) in [6.45, 7) is 6.83. The number of unbranched alkanes of at least 4 members (excludes halogenated alkanes) is 9. The van der Waals surface area contributed by atoms with E-state index in [9.17, 15) is 0 Å². The molecule has 0 N–H and O–H groups in total. The number of nitrogens with zero attached hydrogens (tertiary/aromatic N) is 1. The standard InChI is InChI=1S/C22H39N/c1-4-6-8-9-10-11-12-13-14-16-21(15-7-5-2)22-19-23-18-17-20(22)3/h17-19,21H,4-16H2,1-3H3. The minimum absolute atomic E-state index is 0.730. The van der Waals surface area contributed by atoms with E-state index in [0.717, 1.165) is 5.92 Å². The second-order valence-electron chi connectivity index (χ2n) is 7.19. The van der Waals surface area contributed by atoms with E-state index in [2.05, 4.69) is 38.0 Å². The molecule has 0 aliphatic rings. The summed E-state index contributed by atoms with van der Waals surface area (Å²) in [7, 11) is 0. The molecular formula is C22H39N. The van der Waals surface area contributed by atoms with E-state index in [1.54, 1.807) is 0 Å². The lowest BCUT2D eigenvalue weighted by Gasteiger charge is -2.19. The fourth-order valence-corrected chi connectivity index (χ4v) is 3.51. The van der Waals surface area contributed by atoms with E-state index >= 15 is 0 Å². The predicted octanol–water partition coefficient (Wildman–Crippen LogP) is 7.58. The molecule has 1 atom stereocenters. The Morgan fingerprint density at radius 2 is 1.35 bits per heavy atom. The Morgan fingerprint density at radius 1 is 0.783 bits per heavy atom. The van der Waals surface area contributed by atoms with Crippen LogP contribution in [0.4, 0.5) is 0 Å². The van der Waals surface area contributed by atoms with Gasteiger partial charge in [0.05, 0.1) is 0 Å². The summed E-state index contributed by atoms with van der Waals surface area (Å²) < 4.78 is 0. The minimum Gasteiger partial charge on any atom is -0.264 e. The first kappa shape index (κ1) is 20.2. The molecule has 0 radical (unpaired) electrons. The maximum absolute atomic E-state index is 4.37. The molecule has 23 heavy (non-hydrogen) atoms. The van der Waals surface area contributed by atoms with Gasteiger partial charge < -0.3 is 0 Å². The van der Waals surface area contributed by atoms with Gasteiger partial charge in [-0.05, 0) is 42.9 Å². The number of hydrogen-bond donors (Lipinski definition) is 0. The van der Waals surface area contributed by atoms with Gasteiger partial charge in [-0.15, -0.1) is 0 Å². The zero-order chi connectivity index (χ0) is 16.8. The van der Waals surface area contributed by atoms with Gasteiger partial charge in [-0.2, -0.15) is 0 Å². The van der Waals surface area contributed by atoms with Crippen LogP contribution in [0.25, 0.3) is 0 Å². The smallest absolute Gasteiger partial charge is 0.0305 e. The van der Waals surface area contributed by atoms with Gasteiger partial charge in [0.1, 0.15) is 0 Å². The minimum atomic E-state index is 0.730. The average molecular weight is 318 g/mol. The molecule has 0 amide bonds. The highest BCUT2D eigenvalue weighted by atomic mass is 14.6. The van der Waals surface area contributed by atoms with Gasteiger partial charge in [0, 0.05) is 12.4 Å². The van der Waals surface area contributed by atoms with Crippen LogP contribution in [0.15, 0.2) is 18.5 Å². The van der Waals surface area contributed by atoms with Crippen molar-refractivity contribution in [1.29, 1.82) is 0 Å². The van der Waals surface area contributed by atoms with Crippen molar-refractivity contribution in [2.45, 2.75) is 110 Å². The van der Waals surface area contributed by atoms with Gasteiger partial charge >= 0.3 is 0 Å². The van der Waals surface area contributed by atoms with Crippen LogP contribution in [-0.4, -0.2) is 4.98 Å². The zero-order valence-corrected chi connectivity index (χ0v) is 15.9. The molecule has 1 rings (SSSR count). The Morgan fingerprint density at radius 3 is 1.96 bits per heavy atom. The molecule has 1 nitrogen and oxygen atoms in total. The SMILES string of the molecule is CCCCCCCCCCCC(CCCC)c1cnccc1C. The largest absolute Gasteiger partial charge is 0.264 e. The van der Waals surface area contributed by atoms with Crippen LogP contribution < -0.4 is 0 Å². The van der Waals surface area contributed by atoms with Crippen molar-refractivity contribution in [2.24, 2.45) is 0 Å². The van der Waals surface area contributed by atoms with Crippen LogP contribution in [0, 0.1) is 6.92 Å². The highest BCUT2D eigenvalue weighted by Crippen LogP contribution is 2.29. The molecule has 0 saturated carbocycles. The molecule has 0 aliphatic heterocycles. The maximum Gasteiger partial charge on any atom is 0.0305 e. The topological polar surface area (TPSA) is 12.9 Å². The second kappa shape index (κ2) is 13.6. The van der Waals surface area contributed by atoms with Crippen molar-refractivity contribution < 1.29 is 0 Å². The molecule has 1 heterocycles. The van der Waals surface area contributed by atoms with E-state index < -0.39 is 0 Å². The third-order valence-corrected chi connectivity index (χ3v) is 5.08. The van der Waals surface area contributed by atoms with Crippen LogP contribution in [0.5, 0.6) is 0 Å². The van der Waals surface area contributed by atoms with Gasteiger partial charge in [0.2, 0.25) is 0 Å². The number of aryl methyl sites for hydroxylation is 1. The summed E-state index contributed by atoms with van der Waals surface area (Å²) in [5.41, 5.74) is 2.93. The van der Waals surface area contributed by atoms with Crippen molar-refractivity contribution in [1.82, 2.24) is 4.98 Å². The van der Waals surface area contributed by atoms with Crippen LogP contribution in [-0.2, 0) is 0 Å². The quantitative estimate of drug-likeness (QED) is 0.322. The molecule has 0 spiro atoms. The first-order valence-corrected chi connectivity index (χ1v) is 10.2. The Labute approximate surface area is 145 Å². The molecule has 0 aliphatic carbocycles. The third-order valence-electron chi connectivity index (χ3n) is 5.08. The van der Waals surface area contributed by atoms with Crippen molar-refractivity contribution in [3.8, 4) is 0 Å². The van der Waals surface area contributed by atoms with Gasteiger partial charge in [-0.3, -0.25) is 4.98 Å². The number of rotatable bonds is 14. The molecule has 1 heteroatoms. The van der Waals surface area contributed by atoms with E-state index in [1.807, 2.05) is 6.20 Å². The molecule has 132 valence electrons. The number of hydrogen-bond acceptors (Lipinski definition) is 1. The van der Waals surface area contributed by atoms with Gasteiger partial charge in [-0.1, -0.05) is 84.5 Å². The fourth-order valence-electron chi connectivity index (χ4n) is 3.51. The van der Waals surface area contributed by atoms with Crippen molar-refractivity contribution >= 4 is 0 Å². The van der Waals surface area contributed by atoms with E-state index in [4.69, 9.17) is 0 Å². The van der Waals surface area contributed by atoms with E-state index in [1.165, 1.54) is 94.6 Å². The summed E-state index contributed by atoms with van der Waals surface area (Å²) in [4.78, 5) is 4.37. The maximum atomic E-state index is 4.37. The van der Waals surface area contributed by atoms with Crippen LogP contribution in [0.3, 0.4) is 0 Å². The summed E-state index contributed by atoms with van der Waals surface area (Å²) in [6, 6.07) is 2.17. The molecule has 1 unspecified atom stereocenters. The predicted molar refractivity (Wildman–Crippen MR) is 103 cm³/mol. The van der Waals surface area contributed by atoms with Crippen LogP contribution >= 0.6 is 0 Å². The average Bonchev–Trinajstić information content (AvgIpc) is 2.57. The molecule has 0 fully saturated rings. The van der Waals surface area contributed by atoms with Crippen LogP contribution in [0.2, 0.25) is 0 Å². The van der Waals surface area contributed by atoms with Gasteiger partial charge in [0.15, 0.2) is 0 Å². The summed E-state index contributed by atoms with van der Waals surface area (Å²) in [5.74, 6) is 0.730. The van der Waals surface area contributed by atoms with Crippen molar-refractivity contribution in [3.05, 3.63) is 29.6 Å². The van der Waals surface area contributed by atoms with Crippen molar-refractivity contribution in [3.63, 3.8) is 0 Å². The Balaban J connectivity index is 2.23. The van der Waals surface area contributed by atoms with Gasteiger partial charge in [0.25, 0.3) is 0 Å². The lowest BCUT2D eigenvalue weighted by molar-refractivity contribution is 0.495. The van der Waals surface area contributed by atoms with Crippen molar-refractivity contribution in [2.75, 3.05) is 0 Å². The molecule has 1 aromatic rings. The Bertz CT molecular complexity index is 385.